The first kappa shape index (κ1) is 23.1. The highest BCUT2D eigenvalue weighted by Gasteiger charge is 2.45. The molecular formula is C29H24N2O5. The van der Waals surface area contributed by atoms with Crippen LogP contribution in [-0.4, -0.2) is 22.7 Å². The second-order valence-corrected chi connectivity index (χ2v) is 8.64. The summed E-state index contributed by atoms with van der Waals surface area (Å²) in [5.74, 6) is -2.03. The van der Waals surface area contributed by atoms with Gasteiger partial charge in [0.1, 0.15) is 5.58 Å². The van der Waals surface area contributed by atoms with Gasteiger partial charge in [-0.2, -0.15) is 0 Å². The lowest BCUT2D eigenvalue weighted by atomic mass is 9.94. The summed E-state index contributed by atoms with van der Waals surface area (Å²) in [5, 5.41) is 14.4. The normalized spacial score (nSPS) is 15.6. The van der Waals surface area contributed by atoms with Crippen molar-refractivity contribution >= 4 is 39.9 Å². The number of fused-ring (bicyclic) bond motifs is 1. The minimum absolute atomic E-state index is 0.0450. The van der Waals surface area contributed by atoms with Crippen molar-refractivity contribution in [2.45, 2.75) is 26.3 Å². The molecule has 4 aromatic rings. The number of nitrogens with zero attached hydrogens (tertiary/aromatic N) is 1. The molecule has 180 valence electrons. The third kappa shape index (κ3) is 4.05. The number of amides is 2. The number of aliphatic hydroxyl groups excluding tert-OH is 1. The van der Waals surface area contributed by atoms with E-state index in [9.17, 15) is 19.5 Å². The number of anilines is 2. The van der Waals surface area contributed by atoms with Crippen molar-refractivity contribution in [1.82, 2.24) is 0 Å². The highest BCUT2D eigenvalue weighted by atomic mass is 16.3. The number of Topliss-reactive ketones (excluding diaryl/α,β-unsaturated/α-hetero) is 1. The Labute approximate surface area is 207 Å². The number of hydrogen-bond acceptors (Lipinski definition) is 5. The third-order valence-corrected chi connectivity index (χ3v) is 6.27. The standard InChI is InChI=1S/C29H24N2O5/c1-3-18-8-10-19(11-9-18)26-25(27(33)24-16-20-6-4-5-7-23(20)36-24)28(34)29(35)31(26)22-14-12-21(13-15-22)30-17(2)32/h4-16,26,34H,3H2,1-2H3,(H,30,32). The number of carbonyl (C=O) groups excluding carboxylic acids is 3. The highest BCUT2D eigenvalue weighted by molar-refractivity contribution is 6.20. The van der Waals surface area contributed by atoms with Gasteiger partial charge in [-0.25, -0.2) is 0 Å². The van der Waals surface area contributed by atoms with Gasteiger partial charge >= 0.3 is 0 Å². The van der Waals surface area contributed by atoms with Crippen LogP contribution < -0.4 is 10.2 Å². The molecule has 0 radical (unpaired) electrons. The Morgan fingerprint density at radius 2 is 1.69 bits per heavy atom. The molecule has 0 bridgehead atoms. The number of furan rings is 1. The van der Waals surface area contributed by atoms with Crippen LogP contribution in [0.1, 0.15) is 41.6 Å². The van der Waals surface area contributed by atoms with Gasteiger partial charge in [0.25, 0.3) is 5.91 Å². The molecule has 3 aromatic carbocycles. The molecular weight excluding hydrogens is 456 g/mol. The molecule has 7 heteroatoms. The first-order valence-corrected chi connectivity index (χ1v) is 11.6. The predicted molar refractivity (Wildman–Crippen MR) is 137 cm³/mol. The monoisotopic (exact) mass is 480 g/mol. The summed E-state index contributed by atoms with van der Waals surface area (Å²) in [7, 11) is 0. The average Bonchev–Trinajstić information content (AvgIpc) is 3.43. The molecule has 7 nitrogen and oxygen atoms in total. The molecule has 2 heterocycles. The topological polar surface area (TPSA) is 99.8 Å². The van der Waals surface area contributed by atoms with Crippen LogP contribution in [0, 0.1) is 0 Å². The van der Waals surface area contributed by atoms with Gasteiger partial charge in [-0.15, -0.1) is 0 Å². The number of aryl methyl sites for hydroxylation is 1. The van der Waals surface area contributed by atoms with Gasteiger partial charge in [0.05, 0.1) is 11.6 Å². The number of aliphatic hydroxyl groups is 1. The molecule has 0 aliphatic carbocycles. The van der Waals surface area contributed by atoms with Crippen LogP contribution in [0.3, 0.4) is 0 Å². The van der Waals surface area contributed by atoms with Crippen molar-refractivity contribution < 1.29 is 23.9 Å². The van der Waals surface area contributed by atoms with Gasteiger partial charge in [-0.3, -0.25) is 19.3 Å². The van der Waals surface area contributed by atoms with Crippen molar-refractivity contribution in [1.29, 1.82) is 0 Å². The molecule has 5 rings (SSSR count). The lowest BCUT2D eigenvalue weighted by molar-refractivity contribution is -0.117. The molecule has 36 heavy (non-hydrogen) atoms. The molecule has 1 atom stereocenters. The molecule has 0 saturated heterocycles. The number of para-hydroxylation sites is 1. The first-order chi connectivity index (χ1) is 17.4. The minimum Gasteiger partial charge on any atom is -0.503 e. The van der Waals surface area contributed by atoms with E-state index >= 15 is 0 Å². The van der Waals surface area contributed by atoms with E-state index in [0.717, 1.165) is 17.4 Å². The molecule has 0 fully saturated rings. The zero-order valence-corrected chi connectivity index (χ0v) is 19.8. The zero-order valence-electron chi connectivity index (χ0n) is 19.8. The molecule has 1 aromatic heterocycles. The fraction of sp³-hybridized carbons (Fsp3) is 0.138. The van der Waals surface area contributed by atoms with Gasteiger partial charge in [0, 0.05) is 23.7 Å². The maximum absolute atomic E-state index is 13.7. The second-order valence-electron chi connectivity index (χ2n) is 8.64. The zero-order chi connectivity index (χ0) is 25.4. The lowest BCUT2D eigenvalue weighted by Gasteiger charge is -2.27. The summed E-state index contributed by atoms with van der Waals surface area (Å²) >= 11 is 0. The molecule has 1 unspecified atom stereocenters. The van der Waals surface area contributed by atoms with E-state index in [0.29, 0.717) is 22.5 Å². The quantitative estimate of drug-likeness (QED) is 0.343. The third-order valence-electron chi connectivity index (χ3n) is 6.27. The molecule has 2 amide bonds. The van der Waals surface area contributed by atoms with E-state index < -0.39 is 23.5 Å². The average molecular weight is 481 g/mol. The Hall–Kier alpha value is -4.65. The number of rotatable bonds is 6. The molecule has 0 saturated carbocycles. The predicted octanol–water partition coefficient (Wildman–Crippen LogP) is 5.74. The summed E-state index contributed by atoms with van der Waals surface area (Å²) in [5.41, 5.74) is 3.31. The van der Waals surface area contributed by atoms with E-state index in [-0.39, 0.29) is 17.2 Å². The van der Waals surface area contributed by atoms with Crippen molar-refractivity contribution in [3.8, 4) is 0 Å². The van der Waals surface area contributed by atoms with Gasteiger partial charge in [0.15, 0.2) is 11.5 Å². The fourth-order valence-corrected chi connectivity index (χ4v) is 4.49. The first-order valence-electron chi connectivity index (χ1n) is 11.6. The Morgan fingerprint density at radius 3 is 2.33 bits per heavy atom. The molecule has 0 spiro atoms. The second kappa shape index (κ2) is 9.19. The fourth-order valence-electron chi connectivity index (χ4n) is 4.49. The van der Waals surface area contributed by atoms with Gasteiger partial charge in [-0.1, -0.05) is 49.4 Å². The van der Waals surface area contributed by atoms with Gasteiger partial charge in [0.2, 0.25) is 11.7 Å². The van der Waals surface area contributed by atoms with E-state index in [4.69, 9.17) is 4.42 Å². The maximum Gasteiger partial charge on any atom is 0.294 e. The Morgan fingerprint density at radius 1 is 1.00 bits per heavy atom. The summed E-state index contributed by atoms with van der Waals surface area (Å²) < 4.78 is 5.78. The number of ketones is 1. The Bertz CT molecular complexity index is 1480. The van der Waals surface area contributed by atoms with E-state index in [1.54, 1.807) is 42.5 Å². The van der Waals surface area contributed by atoms with E-state index in [1.807, 2.05) is 43.3 Å². The smallest absolute Gasteiger partial charge is 0.294 e. The molecule has 2 N–H and O–H groups in total. The SMILES string of the molecule is CCc1ccc(C2C(C(=O)c3cc4ccccc4o3)=C(O)C(=O)N2c2ccc(NC(C)=O)cc2)cc1. The minimum atomic E-state index is -0.865. The number of hydrogen-bond donors (Lipinski definition) is 2. The number of nitrogens with one attached hydrogen (secondary N) is 1. The van der Waals surface area contributed by atoms with Crippen molar-refractivity contribution in [2.24, 2.45) is 0 Å². The van der Waals surface area contributed by atoms with Crippen molar-refractivity contribution in [2.75, 3.05) is 10.2 Å². The Kier molecular flexibility index (Phi) is 5.90. The van der Waals surface area contributed by atoms with Crippen LogP contribution in [0.2, 0.25) is 0 Å². The van der Waals surface area contributed by atoms with Gasteiger partial charge < -0.3 is 14.8 Å². The summed E-state index contributed by atoms with van der Waals surface area (Å²) in [6, 6.07) is 22.2. The van der Waals surface area contributed by atoms with E-state index in [1.165, 1.54) is 11.8 Å². The van der Waals surface area contributed by atoms with E-state index in [2.05, 4.69) is 5.32 Å². The molecule has 1 aliphatic rings. The van der Waals surface area contributed by atoms with Crippen LogP contribution in [0.15, 0.2) is 94.6 Å². The van der Waals surface area contributed by atoms with Crippen LogP contribution >= 0.6 is 0 Å². The summed E-state index contributed by atoms with van der Waals surface area (Å²) in [6.07, 6.45) is 0.837. The highest BCUT2D eigenvalue weighted by Crippen LogP contribution is 2.42. The number of carbonyl (C=O) groups is 3. The maximum atomic E-state index is 13.7. The number of benzene rings is 3. The van der Waals surface area contributed by atoms with Crippen LogP contribution in [0.25, 0.3) is 11.0 Å². The van der Waals surface area contributed by atoms with Crippen molar-refractivity contribution in [3.05, 3.63) is 107 Å². The lowest BCUT2D eigenvalue weighted by Crippen LogP contribution is -2.31. The Balaban J connectivity index is 1.60. The summed E-state index contributed by atoms with van der Waals surface area (Å²) in [6.45, 7) is 3.45. The van der Waals surface area contributed by atoms with Crippen LogP contribution in [0.5, 0.6) is 0 Å². The van der Waals surface area contributed by atoms with Crippen LogP contribution in [0.4, 0.5) is 11.4 Å². The van der Waals surface area contributed by atoms with Gasteiger partial charge in [-0.05, 0) is 53.9 Å². The summed E-state index contributed by atoms with van der Waals surface area (Å²) in [4.78, 5) is 39.8. The molecule has 1 aliphatic heterocycles. The van der Waals surface area contributed by atoms with Crippen molar-refractivity contribution in [3.63, 3.8) is 0 Å². The van der Waals surface area contributed by atoms with Crippen LogP contribution in [-0.2, 0) is 16.0 Å². The largest absolute Gasteiger partial charge is 0.503 e.